The number of aromatic nitrogens is 1. The summed E-state index contributed by atoms with van der Waals surface area (Å²) < 4.78 is 0.537. The summed E-state index contributed by atoms with van der Waals surface area (Å²) in [7, 11) is 0. The molecular formula is C24H24ClN5O3S. The molecule has 1 fully saturated rings. The molecule has 4 heterocycles. The number of nitrogens with zero attached hydrogens (tertiary/aromatic N) is 4. The minimum Gasteiger partial charge on any atom is -0.374 e. The number of carbonyl (C=O) groups excluding carboxylic acids is 2. The van der Waals surface area contributed by atoms with Gasteiger partial charge in [-0.15, -0.1) is 11.3 Å². The van der Waals surface area contributed by atoms with Crippen molar-refractivity contribution in [1.82, 2.24) is 14.8 Å². The third-order valence-electron chi connectivity index (χ3n) is 6.22. The fourth-order valence-electron chi connectivity index (χ4n) is 4.46. The van der Waals surface area contributed by atoms with Crippen LogP contribution in [0.1, 0.15) is 27.0 Å². The number of pyridine rings is 1. The van der Waals surface area contributed by atoms with E-state index in [4.69, 9.17) is 11.6 Å². The number of amides is 2. The van der Waals surface area contributed by atoms with Gasteiger partial charge in [0.15, 0.2) is 0 Å². The van der Waals surface area contributed by atoms with E-state index < -0.39 is 6.23 Å². The summed E-state index contributed by atoms with van der Waals surface area (Å²) in [6, 6.07) is 12.8. The minimum absolute atomic E-state index is 0.0138. The van der Waals surface area contributed by atoms with Crippen molar-refractivity contribution < 1.29 is 14.7 Å². The zero-order chi connectivity index (χ0) is 23.7. The average Bonchev–Trinajstić information content (AvgIpc) is 3.43. The third-order valence-corrected chi connectivity index (χ3v) is 7.45. The lowest BCUT2D eigenvalue weighted by Crippen LogP contribution is -2.51. The molecule has 1 saturated heterocycles. The molecule has 3 aromatic rings. The molecule has 1 unspecified atom stereocenters. The zero-order valence-corrected chi connectivity index (χ0v) is 19.9. The first-order valence-corrected chi connectivity index (χ1v) is 12.2. The Morgan fingerprint density at radius 1 is 1.09 bits per heavy atom. The molecule has 2 N–H and O–H groups in total. The topological polar surface area (TPSA) is 89.0 Å². The molecule has 8 nitrogen and oxygen atoms in total. The van der Waals surface area contributed by atoms with E-state index in [0.717, 1.165) is 24.3 Å². The Hall–Kier alpha value is -2.98. The van der Waals surface area contributed by atoms with Gasteiger partial charge in [-0.3, -0.25) is 19.5 Å². The van der Waals surface area contributed by atoms with Crippen LogP contribution in [-0.2, 0) is 11.3 Å². The van der Waals surface area contributed by atoms with Gasteiger partial charge in [0.05, 0.1) is 15.8 Å². The number of hydrogen-bond donors (Lipinski definition) is 2. The van der Waals surface area contributed by atoms with E-state index in [-0.39, 0.29) is 18.4 Å². The summed E-state index contributed by atoms with van der Waals surface area (Å²) in [5, 5.41) is 13.9. The minimum atomic E-state index is -0.972. The normalized spacial score (nSPS) is 18.1. The molecule has 2 amide bonds. The number of benzene rings is 1. The molecule has 34 heavy (non-hydrogen) atoms. The Kier molecular flexibility index (Phi) is 6.51. The highest BCUT2D eigenvalue weighted by Gasteiger charge is 2.34. The second-order valence-corrected chi connectivity index (χ2v) is 10.0. The molecule has 0 bridgehead atoms. The van der Waals surface area contributed by atoms with Gasteiger partial charge in [0, 0.05) is 62.1 Å². The van der Waals surface area contributed by atoms with Crippen molar-refractivity contribution in [3.05, 3.63) is 75.2 Å². The number of anilines is 2. The van der Waals surface area contributed by atoms with Crippen molar-refractivity contribution in [1.29, 1.82) is 0 Å². The lowest BCUT2D eigenvalue weighted by atomic mass is 10.1. The van der Waals surface area contributed by atoms with Crippen LogP contribution in [0.15, 0.2) is 54.9 Å². The van der Waals surface area contributed by atoms with Gasteiger partial charge in [-0.05, 0) is 35.9 Å². The number of fused-ring (bicyclic) bond motifs is 1. The van der Waals surface area contributed by atoms with Crippen molar-refractivity contribution >= 4 is 46.1 Å². The molecular weight excluding hydrogens is 474 g/mol. The maximum atomic E-state index is 13.0. The summed E-state index contributed by atoms with van der Waals surface area (Å²) in [6.07, 6.45) is 2.57. The number of hydrogen-bond acceptors (Lipinski definition) is 7. The molecule has 176 valence electrons. The number of aliphatic hydroxyl groups excluding tert-OH is 1. The van der Waals surface area contributed by atoms with Gasteiger partial charge in [-0.25, -0.2) is 0 Å². The number of halogens is 1. The molecule has 1 aromatic carbocycles. The Bertz CT molecular complexity index is 1200. The van der Waals surface area contributed by atoms with Crippen LogP contribution in [0.5, 0.6) is 0 Å². The maximum Gasteiger partial charge on any atom is 0.265 e. The van der Waals surface area contributed by atoms with Crippen molar-refractivity contribution in [2.75, 3.05) is 42.9 Å². The van der Waals surface area contributed by atoms with Crippen LogP contribution in [-0.4, -0.2) is 64.4 Å². The van der Waals surface area contributed by atoms with Crippen LogP contribution in [0.25, 0.3) is 0 Å². The Morgan fingerprint density at radius 2 is 1.85 bits per heavy atom. The van der Waals surface area contributed by atoms with Gasteiger partial charge in [0.2, 0.25) is 5.91 Å². The van der Waals surface area contributed by atoms with Crippen molar-refractivity contribution in [2.45, 2.75) is 12.8 Å². The largest absolute Gasteiger partial charge is 0.374 e. The van der Waals surface area contributed by atoms with E-state index in [0.29, 0.717) is 40.1 Å². The van der Waals surface area contributed by atoms with E-state index >= 15 is 0 Å². The van der Waals surface area contributed by atoms with Gasteiger partial charge in [0.25, 0.3) is 5.91 Å². The number of piperazine rings is 1. The first-order valence-electron chi connectivity index (χ1n) is 11.0. The lowest BCUT2D eigenvalue weighted by Gasteiger charge is -2.37. The summed E-state index contributed by atoms with van der Waals surface area (Å²) in [4.78, 5) is 36.0. The lowest BCUT2D eigenvalue weighted by molar-refractivity contribution is -0.135. The maximum absolute atomic E-state index is 13.0. The number of aliphatic hydroxyl groups is 1. The van der Waals surface area contributed by atoms with E-state index in [1.165, 1.54) is 11.3 Å². The van der Waals surface area contributed by atoms with Gasteiger partial charge >= 0.3 is 0 Å². The number of thiophene rings is 1. The first kappa shape index (κ1) is 22.8. The van der Waals surface area contributed by atoms with E-state index in [1.807, 2.05) is 29.2 Å². The van der Waals surface area contributed by atoms with Crippen LogP contribution in [0.4, 0.5) is 11.4 Å². The van der Waals surface area contributed by atoms with E-state index in [9.17, 15) is 14.7 Å². The van der Waals surface area contributed by atoms with Crippen LogP contribution in [0, 0.1) is 0 Å². The molecule has 2 aromatic heterocycles. The van der Waals surface area contributed by atoms with Crippen LogP contribution >= 0.6 is 22.9 Å². The smallest absolute Gasteiger partial charge is 0.265 e. The highest BCUT2D eigenvalue weighted by molar-refractivity contribution is 7.18. The molecule has 0 spiro atoms. The number of rotatable bonds is 5. The summed E-state index contributed by atoms with van der Waals surface area (Å²) in [5.41, 5.74) is 3.17. The number of carbonyl (C=O) groups is 2. The molecule has 1 atom stereocenters. The Morgan fingerprint density at radius 3 is 2.56 bits per heavy atom. The Balaban J connectivity index is 1.21. The van der Waals surface area contributed by atoms with Gasteiger partial charge in [0.1, 0.15) is 6.23 Å². The van der Waals surface area contributed by atoms with Gasteiger partial charge < -0.3 is 20.2 Å². The van der Waals surface area contributed by atoms with Crippen molar-refractivity contribution in [3.8, 4) is 0 Å². The summed E-state index contributed by atoms with van der Waals surface area (Å²) in [5.74, 6) is -0.292. The molecule has 0 radical (unpaired) electrons. The first-order chi connectivity index (χ1) is 16.5. The molecule has 0 saturated carbocycles. The third kappa shape index (κ3) is 4.65. The van der Waals surface area contributed by atoms with Gasteiger partial charge in [-0.2, -0.15) is 0 Å². The van der Waals surface area contributed by atoms with Gasteiger partial charge in [-0.1, -0.05) is 23.7 Å². The fourth-order valence-corrected chi connectivity index (χ4v) is 5.40. The summed E-state index contributed by atoms with van der Waals surface area (Å²) >= 11 is 7.14. The number of nitrogens with one attached hydrogen (secondary N) is 1. The van der Waals surface area contributed by atoms with Crippen LogP contribution in [0.3, 0.4) is 0 Å². The fraction of sp³-hybridized carbons (Fsp3) is 0.292. The standard InChI is InChI=1S/C24H24ClN5O3S/c25-20-5-4-19(34-20)23(32)27-18-3-1-2-16-14-30(24(33)22(16)18)15-21(31)29-12-10-28(11-13-29)17-6-8-26-9-7-17/h1-9,24,33H,10-15H2,(H,27,32). The van der Waals surface area contributed by atoms with Crippen molar-refractivity contribution in [2.24, 2.45) is 0 Å². The predicted octanol–water partition coefficient (Wildman–Crippen LogP) is 3.20. The Labute approximate surface area is 206 Å². The quantitative estimate of drug-likeness (QED) is 0.562. The molecule has 0 aliphatic carbocycles. The SMILES string of the molecule is O=C(Nc1cccc2c1C(O)N(CC(=O)N1CCN(c3ccncc3)CC1)C2)c1ccc(Cl)s1. The van der Waals surface area contributed by atoms with E-state index in [2.05, 4.69) is 15.2 Å². The monoisotopic (exact) mass is 497 g/mol. The molecule has 10 heteroatoms. The second-order valence-electron chi connectivity index (χ2n) is 8.29. The molecule has 2 aliphatic rings. The average molecular weight is 498 g/mol. The van der Waals surface area contributed by atoms with E-state index in [1.54, 1.807) is 35.5 Å². The van der Waals surface area contributed by atoms with Crippen molar-refractivity contribution in [3.63, 3.8) is 0 Å². The van der Waals surface area contributed by atoms with Crippen LogP contribution in [0.2, 0.25) is 4.34 Å². The molecule has 2 aliphatic heterocycles. The summed E-state index contributed by atoms with van der Waals surface area (Å²) in [6.45, 7) is 3.31. The van der Waals surface area contributed by atoms with Crippen LogP contribution < -0.4 is 10.2 Å². The predicted molar refractivity (Wildman–Crippen MR) is 132 cm³/mol. The zero-order valence-electron chi connectivity index (χ0n) is 18.4. The second kappa shape index (κ2) is 9.71. The highest BCUT2D eigenvalue weighted by Crippen LogP contribution is 2.37. The molecule has 5 rings (SSSR count). The highest BCUT2D eigenvalue weighted by atomic mass is 35.5.